The Bertz CT molecular complexity index is 262. The van der Waals surface area contributed by atoms with Crippen molar-refractivity contribution in [2.45, 2.75) is 31.0 Å². The number of methoxy groups -OCH3 is 3. The molecular weight excluding hydrogens is 224 g/mol. The lowest BCUT2D eigenvalue weighted by atomic mass is 10.0. The van der Waals surface area contributed by atoms with Crippen molar-refractivity contribution in [3.8, 4) is 0 Å². The van der Waals surface area contributed by atoms with Gasteiger partial charge in [0.05, 0.1) is 12.7 Å². The van der Waals surface area contributed by atoms with E-state index >= 15 is 0 Å². The van der Waals surface area contributed by atoms with Gasteiger partial charge in [-0.1, -0.05) is 12.3 Å². The molecule has 0 N–H and O–H groups in total. The second-order valence-corrected chi connectivity index (χ2v) is 3.73. The van der Waals surface area contributed by atoms with Crippen LogP contribution in [0, 0.1) is 0 Å². The van der Waals surface area contributed by atoms with E-state index in [4.69, 9.17) is 23.7 Å². The Morgan fingerprint density at radius 2 is 2.12 bits per heavy atom. The molecule has 1 aliphatic rings. The van der Waals surface area contributed by atoms with Crippen molar-refractivity contribution in [2.24, 2.45) is 0 Å². The number of hydrogen-bond acceptors (Lipinski definition) is 5. The molecule has 0 amide bonds. The molecule has 4 atom stereocenters. The first-order valence-corrected chi connectivity index (χ1v) is 5.46. The van der Waals surface area contributed by atoms with Gasteiger partial charge in [-0.15, -0.1) is 0 Å². The Balaban J connectivity index is 2.67. The molecule has 17 heavy (non-hydrogen) atoms. The summed E-state index contributed by atoms with van der Waals surface area (Å²) in [7, 11) is 4.89. The maximum absolute atomic E-state index is 5.71. The minimum Gasteiger partial charge on any atom is -0.464 e. The minimum absolute atomic E-state index is 0.0860. The summed E-state index contributed by atoms with van der Waals surface area (Å²) in [6, 6.07) is 0. The zero-order valence-corrected chi connectivity index (χ0v) is 10.5. The van der Waals surface area contributed by atoms with Gasteiger partial charge in [0.1, 0.15) is 18.5 Å². The fourth-order valence-electron chi connectivity index (χ4n) is 1.94. The van der Waals surface area contributed by atoms with Crippen LogP contribution in [0.2, 0.25) is 0 Å². The summed E-state index contributed by atoms with van der Waals surface area (Å²) in [5, 5.41) is 0. The zero-order chi connectivity index (χ0) is 12.7. The number of rotatable bonds is 6. The van der Waals surface area contributed by atoms with Crippen LogP contribution in [0.25, 0.3) is 0 Å². The van der Waals surface area contributed by atoms with Crippen LogP contribution in [-0.2, 0) is 23.7 Å². The molecule has 98 valence electrons. The van der Waals surface area contributed by atoms with E-state index in [0.717, 1.165) is 0 Å². The van der Waals surface area contributed by atoms with Gasteiger partial charge in [0.15, 0.2) is 0 Å². The fraction of sp³-hybridized carbons (Fsp3) is 0.750. The molecule has 1 fully saturated rings. The van der Waals surface area contributed by atoms with Crippen LogP contribution < -0.4 is 0 Å². The third kappa shape index (κ3) is 3.84. The number of ether oxygens (including phenoxy) is 5. The van der Waals surface area contributed by atoms with E-state index in [9.17, 15) is 0 Å². The first-order chi connectivity index (χ1) is 8.26. The molecule has 0 aliphatic carbocycles. The van der Waals surface area contributed by atoms with E-state index in [1.807, 2.05) is 0 Å². The molecule has 0 unspecified atom stereocenters. The van der Waals surface area contributed by atoms with Crippen molar-refractivity contribution >= 4 is 0 Å². The van der Waals surface area contributed by atoms with Gasteiger partial charge in [0, 0.05) is 27.8 Å². The lowest BCUT2D eigenvalue weighted by Crippen LogP contribution is -2.52. The standard InChI is InChI=1S/C12H20O5/c1-5-6-16-11-7-9(14-3)12(15-4)10(17-11)8-13-2/h6,9-12H,1,7-8H2,2-4H3/t9-,10-,11+,12+/m1/s1. The molecular formula is C12H20O5. The highest BCUT2D eigenvalue weighted by Gasteiger charge is 2.39. The summed E-state index contributed by atoms with van der Waals surface area (Å²) in [6.45, 7) is 3.86. The molecule has 5 heteroatoms. The summed E-state index contributed by atoms with van der Waals surface area (Å²) in [5.74, 6) is 0. The van der Waals surface area contributed by atoms with Crippen LogP contribution >= 0.6 is 0 Å². The van der Waals surface area contributed by atoms with Crippen molar-refractivity contribution in [1.82, 2.24) is 0 Å². The van der Waals surface area contributed by atoms with E-state index in [2.05, 4.69) is 12.3 Å². The lowest BCUT2D eigenvalue weighted by Gasteiger charge is -2.39. The van der Waals surface area contributed by atoms with Crippen molar-refractivity contribution in [2.75, 3.05) is 27.9 Å². The average molecular weight is 244 g/mol. The smallest absolute Gasteiger partial charge is 0.202 e. The Morgan fingerprint density at radius 3 is 2.65 bits per heavy atom. The average Bonchev–Trinajstić information content (AvgIpc) is 2.36. The van der Waals surface area contributed by atoms with Gasteiger partial charge < -0.3 is 23.7 Å². The van der Waals surface area contributed by atoms with Crippen LogP contribution in [0.4, 0.5) is 0 Å². The highest BCUT2D eigenvalue weighted by molar-refractivity contribution is 4.85. The third-order valence-electron chi connectivity index (χ3n) is 2.69. The Morgan fingerprint density at radius 1 is 1.35 bits per heavy atom. The molecule has 1 heterocycles. The maximum Gasteiger partial charge on any atom is 0.202 e. The fourth-order valence-corrected chi connectivity index (χ4v) is 1.94. The largest absolute Gasteiger partial charge is 0.464 e. The molecule has 0 saturated carbocycles. The van der Waals surface area contributed by atoms with Gasteiger partial charge in [0.2, 0.25) is 6.29 Å². The molecule has 0 aromatic heterocycles. The van der Waals surface area contributed by atoms with Crippen molar-refractivity contribution in [3.05, 3.63) is 18.6 Å². The monoisotopic (exact) mass is 244 g/mol. The quantitative estimate of drug-likeness (QED) is 0.517. The maximum atomic E-state index is 5.71. The predicted molar refractivity (Wildman–Crippen MR) is 61.5 cm³/mol. The van der Waals surface area contributed by atoms with E-state index in [-0.39, 0.29) is 24.6 Å². The van der Waals surface area contributed by atoms with Gasteiger partial charge in [-0.25, -0.2) is 0 Å². The summed E-state index contributed by atoms with van der Waals surface area (Å²) in [4.78, 5) is 0. The molecule has 1 aliphatic heterocycles. The van der Waals surface area contributed by atoms with Crippen LogP contribution in [0.3, 0.4) is 0 Å². The van der Waals surface area contributed by atoms with Crippen LogP contribution in [0.1, 0.15) is 6.42 Å². The summed E-state index contributed by atoms with van der Waals surface area (Å²) >= 11 is 0. The van der Waals surface area contributed by atoms with Gasteiger partial charge in [-0.2, -0.15) is 0 Å². The van der Waals surface area contributed by atoms with Gasteiger partial charge in [0.25, 0.3) is 0 Å². The Hall–Kier alpha value is -0.840. The minimum atomic E-state index is -0.388. The summed E-state index contributed by atoms with van der Waals surface area (Å²) < 4.78 is 26.9. The Kier molecular flexibility index (Phi) is 6.26. The van der Waals surface area contributed by atoms with Crippen molar-refractivity contribution < 1.29 is 23.7 Å². The molecule has 0 radical (unpaired) electrons. The molecule has 0 bridgehead atoms. The van der Waals surface area contributed by atoms with Crippen LogP contribution in [0.5, 0.6) is 0 Å². The van der Waals surface area contributed by atoms with Crippen molar-refractivity contribution in [1.29, 1.82) is 0 Å². The van der Waals surface area contributed by atoms with E-state index < -0.39 is 0 Å². The summed E-state index contributed by atoms with van der Waals surface area (Å²) in [5.41, 5.74) is 2.54. The van der Waals surface area contributed by atoms with Crippen LogP contribution in [-0.4, -0.2) is 52.5 Å². The molecule has 0 aromatic carbocycles. The summed E-state index contributed by atoms with van der Waals surface area (Å²) in [6.07, 6.45) is 1.12. The SMILES string of the molecule is C=C=CO[C@@H]1C[C@@H](OC)[C@H](OC)[C@@H](COC)O1. The highest BCUT2D eigenvalue weighted by atomic mass is 16.7. The predicted octanol–water partition coefficient (Wildman–Crippen LogP) is 1.09. The van der Waals surface area contributed by atoms with E-state index in [1.165, 1.54) is 6.26 Å². The first-order valence-electron chi connectivity index (χ1n) is 5.46. The molecule has 1 saturated heterocycles. The zero-order valence-electron chi connectivity index (χ0n) is 10.5. The van der Waals surface area contributed by atoms with Gasteiger partial charge in [-0.05, 0) is 0 Å². The molecule has 0 spiro atoms. The Labute approximate surface area is 102 Å². The topological polar surface area (TPSA) is 46.2 Å². The van der Waals surface area contributed by atoms with E-state index in [1.54, 1.807) is 21.3 Å². The second-order valence-electron chi connectivity index (χ2n) is 3.73. The highest BCUT2D eigenvalue weighted by Crippen LogP contribution is 2.25. The molecule has 0 aromatic rings. The lowest BCUT2D eigenvalue weighted by molar-refractivity contribution is -0.252. The van der Waals surface area contributed by atoms with Crippen molar-refractivity contribution in [3.63, 3.8) is 0 Å². The first kappa shape index (κ1) is 14.2. The van der Waals surface area contributed by atoms with Crippen LogP contribution in [0.15, 0.2) is 18.6 Å². The van der Waals surface area contributed by atoms with E-state index in [0.29, 0.717) is 13.0 Å². The molecule has 1 rings (SSSR count). The third-order valence-corrected chi connectivity index (χ3v) is 2.69. The second kappa shape index (κ2) is 7.48. The van der Waals surface area contributed by atoms with Gasteiger partial charge >= 0.3 is 0 Å². The number of hydrogen-bond donors (Lipinski definition) is 0. The normalized spacial score (nSPS) is 32.9. The molecule has 5 nitrogen and oxygen atoms in total. The van der Waals surface area contributed by atoms with Gasteiger partial charge in [-0.3, -0.25) is 0 Å².